The van der Waals surface area contributed by atoms with Crippen LogP contribution in [0.15, 0.2) is 24.3 Å². The minimum absolute atomic E-state index is 0.246. The van der Waals surface area contributed by atoms with Gasteiger partial charge in [-0.3, -0.25) is 4.79 Å². The number of hydrogen-bond acceptors (Lipinski definition) is 4. The van der Waals surface area contributed by atoms with Crippen LogP contribution in [0.4, 0.5) is 5.69 Å². The Bertz CT molecular complexity index is 560. The van der Waals surface area contributed by atoms with Crippen LogP contribution in [0, 0.1) is 0 Å². The SMILES string of the molecule is O=C(O)C1CCCCN1C(=O)C1CNc2ccccc2O1. The number of nitrogens with one attached hydrogen (secondary N) is 1. The fourth-order valence-corrected chi connectivity index (χ4v) is 2.89. The quantitative estimate of drug-likeness (QED) is 0.859. The second-order valence-corrected chi connectivity index (χ2v) is 5.37. The average Bonchev–Trinajstić information content (AvgIpc) is 2.53. The molecule has 1 amide bonds. The van der Waals surface area contributed by atoms with E-state index in [2.05, 4.69) is 5.32 Å². The van der Waals surface area contributed by atoms with E-state index in [1.165, 1.54) is 4.90 Å². The van der Waals surface area contributed by atoms with Crippen molar-refractivity contribution in [3.05, 3.63) is 24.3 Å². The third-order valence-electron chi connectivity index (χ3n) is 3.98. The molecule has 0 radical (unpaired) electrons. The van der Waals surface area contributed by atoms with Crippen LogP contribution in [0.5, 0.6) is 5.75 Å². The molecule has 112 valence electrons. The Labute approximate surface area is 122 Å². The highest BCUT2D eigenvalue weighted by atomic mass is 16.5. The molecule has 21 heavy (non-hydrogen) atoms. The minimum Gasteiger partial charge on any atom is -0.480 e. The van der Waals surface area contributed by atoms with Crippen molar-refractivity contribution >= 4 is 17.6 Å². The fraction of sp³-hybridized carbons (Fsp3) is 0.467. The van der Waals surface area contributed by atoms with E-state index >= 15 is 0 Å². The molecule has 0 spiro atoms. The molecule has 3 rings (SSSR count). The zero-order chi connectivity index (χ0) is 14.8. The summed E-state index contributed by atoms with van der Waals surface area (Å²) < 4.78 is 5.73. The Balaban J connectivity index is 1.75. The molecule has 2 heterocycles. The van der Waals surface area contributed by atoms with E-state index in [9.17, 15) is 14.7 Å². The second kappa shape index (κ2) is 5.63. The van der Waals surface area contributed by atoms with Crippen molar-refractivity contribution in [2.24, 2.45) is 0 Å². The number of carboxylic acid groups (broad SMARTS) is 1. The number of para-hydroxylation sites is 2. The van der Waals surface area contributed by atoms with Crippen LogP contribution in [-0.4, -0.2) is 47.1 Å². The van der Waals surface area contributed by atoms with Gasteiger partial charge in [0.15, 0.2) is 6.10 Å². The van der Waals surface area contributed by atoms with Gasteiger partial charge in [-0.05, 0) is 31.4 Å². The monoisotopic (exact) mass is 290 g/mol. The Hall–Kier alpha value is -2.24. The van der Waals surface area contributed by atoms with Crippen molar-refractivity contribution in [1.29, 1.82) is 0 Å². The molecule has 2 N–H and O–H groups in total. The first kappa shape index (κ1) is 13.7. The number of benzene rings is 1. The summed E-state index contributed by atoms with van der Waals surface area (Å²) in [6.07, 6.45) is 1.53. The fourth-order valence-electron chi connectivity index (χ4n) is 2.89. The molecule has 1 fully saturated rings. The maximum absolute atomic E-state index is 12.6. The van der Waals surface area contributed by atoms with Crippen LogP contribution in [0.1, 0.15) is 19.3 Å². The van der Waals surface area contributed by atoms with Crippen molar-refractivity contribution in [2.75, 3.05) is 18.4 Å². The molecule has 1 aromatic carbocycles. The van der Waals surface area contributed by atoms with Crippen LogP contribution in [0.3, 0.4) is 0 Å². The summed E-state index contributed by atoms with van der Waals surface area (Å²) >= 11 is 0. The van der Waals surface area contributed by atoms with Gasteiger partial charge in [-0.1, -0.05) is 12.1 Å². The number of hydrogen-bond donors (Lipinski definition) is 2. The van der Waals surface area contributed by atoms with Gasteiger partial charge in [-0.2, -0.15) is 0 Å². The van der Waals surface area contributed by atoms with Gasteiger partial charge in [0.2, 0.25) is 0 Å². The van der Waals surface area contributed by atoms with Gasteiger partial charge in [0.25, 0.3) is 5.91 Å². The van der Waals surface area contributed by atoms with Gasteiger partial charge >= 0.3 is 5.97 Å². The Morgan fingerprint density at radius 3 is 2.90 bits per heavy atom. The number of carboxylic acids is 1. The number of amides is 1. The minimum atomic E-state index is -0.938. The van der Waals surface area contributed by atoms with E-state index in [1.54, 1.807) is 6.07 Å². The smallest absolute Gasteiger partial charge is 0.326 e. The molecular weight excluding hydrogens is 272 g/mol. The molecule has 0 aromatic heterocycles. The highest BCUT2D eigenvalue weighted by molar-refractivity contribution is 5.88. The van der Waals surface area contributed by atoms with Crippen LogP contribution < -0.4 is 10.1 Å². The standard InChI is InChI=1S/C15H18N2O4/c18-14(17-8-4-3-6-11(17)15(19)20)13-9-16-10-5-1-2-7-12(10)21-13/h1-2,5,7,11,13,16H,3-4,6,8-9H2,(H,19,20). The molecule has 1 aromatic rings. The Kier molecular flexibility index (Phi) is 3.68. The van der Waals surface area contributed by atoms with Gasteiger partial charge in [0.05, 0.1) is 12.2 Å². The first-order valence-electron chi connectivity index (χ1n) is 7.19. The number of piperidine rings is 1. The molecule has 2 unspecified atom stereocenters. The lowest BCUT2D eigenvalue weighted by molar-refractivity contribution is -0.155. The topological polar surface area (TPSA) is 78.9 Å². The van der Waals surface area contributed by atoms with E-state index in [0.717, 1.165) is 18.5 Å². The third kappa shape index (κ3) is 2.66. The maximum atomic E-state index is 12.6. The molecule has 0 aliphatic carbocycles. The number of nitrogens with zero attached hydrogens (tertiary/aromatic N) is 1. The molecule has 0 saturated carbocycles. The number of rotatable bonds is 2. The summed E-state index contributed by atoms with van der Waals surface area (Å²) in [5.74, 6) is -0.553. The molecule has 2 aliphatic rings. The summed E-state index contributed by atoms with van der Waals surface area (Å²) in [4.78, 5) is 25.3. The Morgan fingerprint density at radius 1 is 1.29 bits per heavy atom. The number of aliphatic carboxylic acids is 1. The largest absolute Gasteiger partial charge is 0.480 e. The second-order valence-electron chi connectivity index (χ2n) is 5.37. The Morgan fingerprint density at radius 2 is 2.10 bits per heavy atom. The number of ether oxygens (including phenoxy) is 1. The number of anilines is 1. The number of fused-ring (bicyclic) bond motifs is 1. The number of carbonyl (C=O) groups excluding carboxylic acids is 1. The molecular formula is C15H18N2O4. The predicted molar refractivity (Wildman–Crippen MR) is 76.3 cm³/mol. The average molecular weight is 290 g/mol. The van der Waals surface area contributed by atoms with Crippen molar-refractivity contribution in [2.45, 2.75) is 31.4 Å². The third-order valence-corrected chi connectivity index (χ3v) is 3.98. The molecule has 6 nitrogen and oxygen atoms in total. The summed E-state index contributed by atoms with van der Waals surface area (Å²) in [5, 5.41) is 12.4. The predicted octanol–water partition coefficient (Wildman–Crippen LogP) is 1.33. The summed E-state index contributed by atoms with van der Waals surface area (Å²) in [6.45, 7) is 0.843. The van der Waals surface area contributed by atoms with Gasteiger partial charge < -0.3 is 20.1 Å². The lowest BCUT2D eigenvalue weighted by Gasteiger charge is -2.36. The molecule has 2 atom stereocenters. The van der Waals surface area contributed by atoms with Crippen LogP contribution in [0.25, 0.3) is 0 Å². The van der Waals surface area contributed by atoms with Crippen LogP contribution >= 0.6 is 0 Å². The lowest BCUT2D eigenvalue weighted by atomic mass is 10.0. The van der Waals surface area contributed by atoms with Gasteiger partial charge in [0, 0.05) is 6.54 Å². The molecule has 6 heteroatoms. The van der Waals surface area contributed by atoms with Crippen molar-refractivity contribution in [1.82, 2.24) is 4.90 Å². The van der Waals surface area contributed by atoms with Crippen LogP contribution in [-0.2, 0) is 9.59 Å². The lowest BCUT2D eigenvalue weighted by Crippen LogP contribution is -2.54. The first-order chi connectivity index (χ1) is 10.2. The highest BCUT2D eigenvalue weighted by Gasteiger charge is 2.37. The zero-order valence-corrected chi connectivity index (χ0v) is 11.6. The van der Waals surface area contributed by atoms with E-state index in [0.29, 0.717) is 25.3 Å². The van der Waals surface area contributed by atoms with Crippen molar-refractivity contribution in [3.63, 3.8) is 0 Å². The molecule has 1 saturated heterocycles. The van der Waals surface area contributed by atoms with Gasteiger partial charge in [-0.25, -0.2) is 4.79 Å². The number of carbonyl (C=O) groups is 2. The van der Waals surface area contributed by atoms with Crippen molar-refractivity contribution < 1.29 is 19.4 Å². The van der Waals surface area contributed by atoms with E-state index in [1.807, 2.05) is 18.2 Å². The maximum Gasteiger partial charge on any atom is 0.326 e. The van der Waals surface area contributed by atoms with Crippen LogP contribution in [0.2, 0.25) is 0 Å². The van der Waals surface area contributed by atoms with Gasteiger partial charge in [0.1, 0.15) is 11.8 Å². The molecule has 0 bridgehead atoms. The zero-order valence-electron chi connectivity index (χ0n) is 11.6. The highest BCUT2D eigenvalue weighted by Crippen LogP contribution is 2.29. The van der Waals surface area contributed by atoms with E-state index in [4.69, 9.17) is 4.74 Å². The van der Waals surface area contributed by atoms with E-state index in [-0.39, 0.29) is 5.91 Å². The van der Waals surface area contributed by atoms with Gasteiger partial charge in [-0.15, -0.1) is 0 Å². The van der Waals surface area contributed by atoms with Crippen molar-refractivity contribution in [3.8, 4) is 5.75 Å². The summed E-state index contributed by atoms with van der Waals surface area (Å²) in [5.41, 5.74) is 0.856. The molecule has 2 aliphatic heterocycles. The summed E-state index contributed by atoms with van der Waals surface area (Å²) in [6, 6.07) is 6.69. The van der Waals surface area contributed by atoms with E-state index < -0.39 is 18.1 Å². The number of likely N-dealkylation sites (tertiary alicyclic amines) is 1. The normalized spacial score (nSPS) is 24.5. The first-order valence-corrected chi connectivity index (χ1v) is 7.19. The summed E-state index contributed by atoms with van der Waals surface area (Å²) in [7, 11) is 0.